The summed E-state index contributed by atoms with van der Waals surface area (Å²) in [5.41, 5.74) is 0. The summed E-state index contributed by atoms with van der Waals surface area (Å²) in [4.78, 5) is 6.45. The lowest BCUT2D eigenvalue weighted by atomic mass is 10.3. The third-order valence-corrected chi connectivity index (χ3v) is 2.79. The molecule has 92 valence electrons. The first-order valence-electron chi connectivity index (χ1n) is 5.93. The van der Waals surface area contributed by atoms with Crippen molar-refractivity contribution in [3.05, 3.63) is 12.2 Å². The van der Waals surface area contributed by atoms with Gasteiger partial charge in [-0.2, -0.15) is 10.4 Å². The number of hydrogen-bond donors (Lipinski definition) is 0. The van der Waals surface area contributed by atoms with Crippen molar-refractivity contribution >= 4 is 0 Å². The van der Waals surface area contributed by atoms with Crippen molar-refractivity contribution in [1.29, 1.82) is 5.26 Å². The zero-order chi connectivity index (χ0) is 12.1. The van der Waals surface area contributed by atoms with Gasteiger partial charge >= 0.3 is 0 Å². The molecule has 2 rings (SSSR count). The van der Waals surface area contributed by atoms with Gasteiger partial charge < -0.3 is 4.74 Å². The first-order chi connectivity index (χ1) is 8.33. The summed E-state index contributed by atoms with van der Waals surface area (Å²) in [5.74, 6) is 0.963. The van der Waals surface area contributed by atoms with E-state index in [1.54, 1.807) is 6.33 Å². The normalized spacial score (nSPS) is 21.3. The van der Waals surface area contributed by atoms with Gasteiger partial charge in [0.25, 0.3) is 0 Å². The average molecular weight is 235 g/mol. The van der Waals surface area contributed by atoms with E-state index in [4.69, 9.17) is 10.00 Å². The molecule has 0 amide bonds. The highest BCUT2D eigenvalue weighted by Crippen LogP contribution is 2.08. The summed E-state index contributed by atoms with van der Waals surface area (Å²) >= 11 is 0. The number of nitriles is 1. The van der Waals surface area contributed by atoms with Gasteiger partial charge in [-0.05, 0) is 6.42 Å². The molecule has 0 aliphatic carbocycles. The Kier molecular flexibility index (Phi) is 4.07. The van der Waals surface area contributed by atoms with Gasteiger partial charge in [0.1, 0.15) is 12.2 Å². The van der Waals surface area contributed by atoms with Gasteiger partial charge in [-0.15, -0.1) is 0 Å². The first-order valence-corrected chi connectivity index (χ1v) is 5.93. The van der Waals surface area contributed by atoms with Crippen molar-refractivity contribution in [3.8, 4) is 6.07 Å². The van der Waals surface area contributed by atoms with Gasteiger partial charge in [-0.25, -0.2) is 9.67 Å². The number of rotatable bonds is 4. The lowest BCUT2D eigenvalue weighted by Gasteiger charge is -2.29. The molecule has 1 aromatic rings. The molecule has 0 bridgehead atoms. The van der Waals surface area contributed by atoms with Crippen LogP contribution in [0.3, 0.4) is 0 Å². The lowest BCUT2D eigenvalue weighted by Crippen LogP contribution is -2.41. The molecule has 1 saturated heterocycles. The van der Waals surface area contributed by atoms with E-state index in [-0.39, 0.29) is 6.10 Å². The van der Waals surface area contributed by atoms with E-state index in [1.807, 2.05) is 4.68 Å². The molecule has 0 saturated carbocycles. The minimum atomic E-state index is -0.314. The van der Waals surface area contributed by atoms with Crippen LogP contribution in [0, 0.1) is 11.3 Å². The summed E-state index contributed by atoms with van der Waals surface area (Å²) in [6.45, 7) is 5.85. The molecule has 1 aliphatic rings. The third-order valence-electron chi connectivity index (χ3n) is 2.79. The van der Waals surface area contributed by atoms with Gasteiger partial charge in [0.05, 0.1) is 19.2 Å². The van der Waals surface area contributed by atoms with Crippen LogP contribution in [-0.2, 0) is 17.8 Å². The Bertz CT molecular complexity index is 397. The second-order valence-electron chi connectivity index (χ2n) is 4.12. The van der Waals surface area contributed by atoms with Crippen molar-refractivity contribution in [3.63, 3.8) is 0 Å². The molecule has 1 fully saturated rings. The molecule has 0 spiro atoms. The van der Waals surface area contributed by atoms with Crippen LogP contribution in [0.1, 0.15) is 19.2 Å². The van der Waals surface area contributed by atoms with Crippen molar-refractivity contribution in [1.82, 2.24) is 19.7 Å². The summed E-state index contributed by atoms with van der Waals surface area (Å²) in [6.07, 6.45) is 2.32. The number of aromatic nitrogens is 3. The Labute approximate surface area is 101 Å². The van der Waals surface area contributed by atoms with Crippen LogP contribution in [-0.4, -0.2) is 45.5 Å². The number of morpholine rings is 1. The van der Waals surface area contributed by atoms with Gasteiger partial charge in [0, 0.05) is 19.6 Å². The van der Waals surface area contributed by atoms with Gasteiger partial charge in [-0.3, -0.25) is 4.90 Å². The highest BCUT2D eigenvalue weighted by molar-refractivity contribution is 4.92. The monoisotopic (exact) mass is 235 g/mol. The number of hydrogen-bond acceptors (Lipinski definition) is 5. The van der Waals surface area contributed by atoms with E-state index in [2.05, 4.69) is 28.0 Å². The smallest absolute Gasteiger partial charge is 0.156 e. The Balaban J connectivity index is 1.95. The van der Waals surface area contributed by atoms with Crippen LogP contribution in [0.2, 0.25) is 0 Å². The molecule has 17 heavy (non-hydrogen) atoms. The maximum atomic E-state index is 8.84. The second-order valence-corrected chi connectivity index (χ2v) is 4.12. The van der Waals surface area contributed by atoms with E-state index in [9.17, 15) is 0 Å². The van der Waals surface area contributed by atoms with E-state index < -0.39 is 0 Å². The average Bonchev–Trinajstić information content (AvgIpc) is 2.78. The summed E-state index contributed by atoms with van der Waals surface area (Å²) in [5, 5.41) is 13.0. The van der Waals surface area contributed by atoms with Crippen LogP contribution < -0.4 is 0 Å². The Morgan fingerprint density at radius 2 is 2.53 bits per heavy atom. The SMILES string of the molecule is CCCn1ncnc1CN1CCOC(C#N)C1. The molecular weight excluding hydrogens is 218 g/mol. The largest absolute Gasteiger partial charge is 0.361 e. The highest BCUT2D eigenvalue weighted by atomic mass is 16.5. The molecule has 6 heteroatoms. The third kappa shape index (κ3) is 3.02. The maximum Gasteiger partial charge on any atom is 0.156 e. The fourth-order valence-electron chi connectivity index (χ4n) is 1.93. The van der Waals surface area contributed by atoms with Crippen LogP contribution in [0.15, 0.2) is 6.33 Å². The van der Waals surface area contributed by atoms with Crippen LogP contribution in [0.5, 0.6) is 0 Å². The predicted molar refractivity (Wildman–Crippen MR) is 60.9 cm³/mol. The Hall–Kier alpha value is -1.45. The standard InChI is InChI=1S/C11H17N5O/c1-2-3-16-11(13-9-14-16)8-15-4-5-17-10(6-12)7-15/h9-10H,2-5,7-8H2,1H3. The molecule has 1 unspecified atom stereocenters. The summed E-state index contributed by atoms with van der Waals surface area (Å²) in [6, 6.07) is 2.15. The fourth-order valence-corrected chi connectivity index (χ4v) is 1.93. The van der Waals surface area contributed by atoms with Crippen LogP contribution in [0.4, 0.5) is 0 Å². The summed E-state index contributed by atoms with van der Waals surface area (Å²) < 4.78 is 7.24. The molecule has 0 radical (unpaired) electrons. The predicted octanol–water partition coefficient (Wildman–Crippen LogP) is 0.412. The van der Waals surface area contributed by atoms with Gasteiger partial charge in [-0.1, -0.05) is 6.92 Å². The fraction of sp³-hybridized carbons (Fsp3) is 0.727. The van der Waals surface area contributed by atoms with E-state index in [1.165, 1.54) is 0 Å². The number of nitrogens with zero attached hydrogens (tertiary/aromatic N) is 5. The highest BCUT2D eigenvalue weighted by Gasteiger charge is 2.21. The van der Waals surface area contributed by atoms with E-state index in [0.29, 0.717) is 13.2 Å². The molecular formula is C11H17N5O. The molecule has 0 N–H and O–H groups in total. The zero-order valence-electron chi connectivity index (χ0n) is 10.0. The summed E-state index contributed by atoms with van der Waals surface area (Å²) in [7, 11) is 0. The van der Waals surface area contributed by atoms with Gasteiger partial charge in [0.15, 0.2) is 6.10 Å². The topological polar surface area (TPSA) is 67.0 Å². The van der Waals surface area contributed by atoms with E-state index in [0.717, 1.165) is 31.9 Å². The van der Waals surface area contributed by atoms with Gasteiger partial charge in [0.2, 0.25) is 0 Å². The molecule has 2 heterocycles. The van der Waals surface area contributed by atoms with Crippen molar-refractivity contribution in [2.24, 2.45) is 0 Å². The number of ether oxygens (including phenoxy) is 1. The zero-order valence-corrected chi connectivity index (χ0v) is 10.0. The molecule has 1 aliphatic heterocycles. The molecule has 0 aromatic carbocycles. The minimum absolute atomic E-state index is 0.314. The Morgan fingerprint density at radius 1 is 1.65 bits per heavy atom. The quantitative estimate of drug-likeness (QED) is 0.756. The van der Waals surface area contributed by atoms with E-state index >= 15 is 0 Å². The van der Waals surface area contributed by atoms with Crippen molar-refractivity contribution in [2.75, 3.05) is 19.7 Å². The molecule has 1 aromatic heterocycles. The first kappa shape index (κ1) is 12.0. The minimum Gasteiger partial charge on any atom is -0.361 e. The van der Waals surface area contributed by atoms with Crippen molar-refractivity contribution < 1.29 is 4.74 Å². The van der Waals surface area contributed by atoms with Crippen LogP contribution in [0.25, 0.3) is 0 Å². The maximum absolute atomic E-state index is 8.84. The number of aryl methyl sites for hydroxylation is 1. The van der Waals surface area contributed by atoms with Crippen LogP contribution >= 0.6 is 0 Å². The molecule has 1 atom stereocenters. The van der Waals surface area contributed by atoms with Crippen molar-refractivity contribution in [2.45, 2.75) is 32.5 Å². The second kappa shape index (κ2) is 5.75. The molecule has 6 nitrogen and oxygen atoms in total. The Morgan fingerprint density at radius 3 is 3.29 bits per heavy atom. The lowest BCUT2D eigenvalue weighted by molar-refractivity contribution is -0.00406.